The molecule has 0 saturated heterocycles. The van der Waals surface area contributed by atoms with Gasteiger partial charge < -0.3 is 4.74 Å². The predicted octanol–water partition coefficient (Wildman–Crippen LogP) is 2.43. The monoisotopic (exact) mass is 232 g/mol. The molecule has 0 unspecified atom stereocenters. The van der Waals surface area contributed by atoms with Gasteiger partial charge in [0.1, 0.15) is 5.60 Å². The van der Waals surface area contributed by atoms with Crippen molar-refractivity contribution in [1.29, 1.82) is 0 Å². The smallest absolute Gasteiger partial charge is 0.415 e. The highest BCUT2D eigenvalue weighted by Crippen LogP contribution is 2.17. The van der Waals surface area contributed by atoms with E-state index in [1.807, 2.05) is 0 Å². The van der Waals surface area contributed by atoms with Crippen molar-refractivity contribution in [2.24, 2.45) is 0 Å². The average molecular weight is 232 g/mol. The Balaban J connectivity index is 2.94. The Kier molecular flexibility index (Phi) is 3.74. The molecule has 0 fully saturated rings. The van der Waals surface area contributed by atoms with Gasteiger partial charge in [-0.3, -0.25) is 4.90 Å². The number of carbonyl (C=O) groups excluding carboxylic acids is 1. The molecular formula is C13H16N2O2. The molecule has 0 bridgehead atoms. The Bertz CT molecular complexity index is 455. The van der Waals surface area contributed by atoms with Crippen LogP contribution >= 0.6 is 0 Å². The molecule has 1 rings (SSSR count). The molecule has 1 aromatic rings. The van der Waals surface area contributed by atoms with Crippen molar-refractivity contribution in [3.05, 3.63) is 23.9 Å². The quantitative estimate of drug-likeness (QED) is 0.698. The Labute approximate surface area is 102 Å². The van der Waals surface area contributed by atoms with Gasteiger partial charge in [0, 0.05) is 13.2 Å². The van der Waals surface area contributed by atoms with Crippen molar-refractivity contribution in [2.75, 3.05) is 11.9 Å². The lowest BCUT2D eigenvalue weighted by molar-refractivity contribution is 0.0588. The van der Waals surface area contributed by atoms with Gasteiger partial charge >= 0.3 is 6.09 Å². The molecule has 0 saturated carbocycles. The molecule has 4 heteroatoms. The molecule has 0 aromatic carbocycles. The maximum atomic E-state index is 11.8. The third kappa shape index (κ3) is 3.49. The number of nitrogens with zero attached hydrogens (tertiary/aromatic N) is 2. The van der Waals surface area contributed by atoms with Crippen LogP contribution in [0.5, 0.6) is 0 Å². The molecule has 0 aliphatic rings. The summed E-state index contributed by atoms with van der Waals surface area (Å²) in [6, 6.07) is 3.45. The molecule has 90 valence electrons. The molecule has 1 amide bonds. The predicted molar refractivity (Wildman–Crippen MR) is 66.8 cm³/mol. The molecule has 0 atom stereocenters. The number of pyridine rings is 1. The minimum Gasteiger partial charge on any atom is -0.443 e. The highest BCUT2D eigenvalue weighted by molar-refractivity contribution is 5.87. The van der Waals surface area contributed by atoms with Crippen LogP contribution in [0.2, 0.25) is 0 Å². The van der Waals surface area contributed by atoms with Crippen molar-refractivity contribution in [3.63, 3.8) is 0 Å². The van der Waals surface area contributed by atoms with E-state index in [2.05, 4.69) is 10.9 Å². The van der Waals surface area contributed by atoms with Gasteiger partial charge in [0.15, 0.2) is 5.82 Å². The van der Waals surface area contributed by atoms with Crippen LogP contribution in [0.25, 0.3) is 0 Å². The standard InChI is InChI=1S/C13H16N2O2/c1-6-10-8-7-9-14-11(10)15(5)12(16)17-13(2,3)4/h1,7-9H,2-5H3. The number of carbonyl (C=O) groups is 1. The number of amides is 1. The van der Waals surface area contributed by atoms with Crippen LogP contribution in [0, 0.1) is 12.3 Å². The van der Waals surface area contributed by atoms with E-state index in [0.29, 0.717) is 11.4 Å². The molecule has 4 nitrogen and oxygen atoms in total. The van der Waals surface area contributed by atoms with Gasteiger partial charge in [-0.25, -0.2) is 9.78 Å². The maximum Gasteiger partial charge on any atom is 0.415 e. The van der Waals surface area contributed by atoms with Crippen LogP contribution in [0.4, 0.5) is 10.6 Å². The summed E-state index contributed by atoms with van der Waals surface area (Å²) >= 11 is 0. The number of hydrogen-bond donors (Lipinski definition) is 0. The number of hydrogen-bond acceptors (Lipinski definition) is 3. The molecule has 0 spiro atoms. The second kappa shape index (κ2) is 4.88. The Morgan fingerprint density at radius 1 is 1.53 bits per heavy atom. The van der Waals surface area contributed by atoms with Crippen LogP contribution in [-0.2, 0) is 4.74 Å². The second-order valence-corrected chi connectivity index (χ2v) is 4.56. The van der Waals surface area contributed by atoms with E-state index >= 15 is 0 Å². The van der Waals surface area contributed by atoms with Crippen LogP contribution in [0.3, 0.4) is 0 Å². The largest absolute Gasteiger partial charge is 0.443 e. The topological polar surface area (TPSA) is 42.4 Å². The highest BCUT2D eigenvalue weighted by atomic mass is 16.6. The van der Waals surface area contributed by atoms with E-state index < -0.39 is 11.7 Å². The van der Waals surface area contributed by atoms with Crippen molar-refractivity contribution in [1.82, 2.24) is 4.98 Å². The van der Waals surface area contributed by atoms with Gasteiger partial charge in [0.2, 0.25) is 0 Å². The van der Waals surface area contributed by atoms with Crippen LogP contribution in [0.15, 0.2) is 18.3 Å². The van der Waals surface area contributed by atoms with Gasteiger partial charge in [0.25, 0.3) is 0 Å². The van der Waals surface area contributed by atoms with Crippen molar-refractivity contribution in [2.45, 2.75) is 26.4 Å². The third-order valence-corrected chi connectivity index (χ3v) is 1.93. The summed E-state index contributed by atoms with van der Waals surface area (Å²) in [6.45, 7) is 5.41. The summed E-state index contributed by atoms with van der Waals surface area (Å²) in [5, 5.41) is 0. The summed E-state index contributed by atoms with van der Waals surface area (Å²) in [4.78, 5) is 17.2. The zero-order valence-electron chi connectivity index (χ0n) is 10.5. The maximum absolute atomic E-state index is 11.8. The van der Waals surface area contributed by atoms with Gasteiger partial charge in [-0.2, -0.15) is 0 Å². The normalized spacial score (nSPS) is 10.5. The Morgan fingerprint density at radius 2 is 2.18 bits per heavy atom. The lowest BCUT2D eigenvalue weighted by Gasteiger charge is -2.24. The third-order valence-electron chi connectivity index (χ3n) is 1.93. The summed E-state index contributed by atoms with van der Waals surface area (Å²) in [5.74, 6) is 2.90. The van der Waals surface area contributed by atoms with Gasteiger partial charge in [0.05, 0.1) is 5.56 Å². The summed E-state index contributed by atoms with van der Waals surface area (Å²) in [7, 11) is 1.58. The fourth-order valence-corrected chi connectivity index (χ4v) is 1.19. The van der Waals surface area contributed by atoms with Gasteiger partial charge in [-0.05, 0) is 32.9 Å². The second-order valence-electron chi connectivity index (χ2n) is 4.56. The van der Waals surface area contributed by atoms with Crippen LogP contribution < -0.4 is 4.90 Å². The van der Waals surface area contributed by atoms with Crippen molar-refractivity contribution in [3.8, 4) is 12.3 Å². The number of ether oxygens (including phenoxy) is 1. The van der Waals surface area contributed by atoms with E-state index in [0.717, 1.165) is 0 Å². The fourth-order valence-electron chi connectivity index (χ4n) is 1.19. The molecule has 0 radical (unpaired) electrons. The zero-order chi connectivity index (χ0) is 13.1. The summed E-state index contributed by atoms with van der Waals surface area (Å²) in [5.41, 5.74) is 0.0111. The molecule has 1 heterocycles. The van der Waals surface area contributed by atoms with Crippen molar-refractivity contribution >= 4 is 11.9 Å². The fraction of sp³-hybridized carbons (Fsp3) is 0.385. The number of aromatic nitrogens is 1. The Hall–Kier alpha value is -2.02. The molecule has 0 aliphatic carbocycles. The van der Waals surface area contributed by atoms with E-state index in [4.69, 9.17) is 11.2 Å². The first-order chi connectivity index (χ1) is 7.85. The average Bonchev–Trinajstić information content (AvgIpc) is 2.25. The van der Waals surface area contributed by atoms with Gasteiger partial charge in [-0.1, -0.05) is 5.92 Å². The van der Waals surface area contributed by atoms with Crippen LogP contribution in [-0.4, -0.2) is 23.7 Å². The van der Waals surface area contributed by atoms with Crippen LogP contribution in [0.1, 0.15) is 26.3 Å². The Morgan fingerprint density at radius 3 is 2.71 bits per heavy atom. The molecule has 1 aromatic heterocycles. The summed E-state index contributed by atoms with van der Waals surface area (Å²) < 4.78 is 5.23. The minimum absolute atomic E-state index is 0.421. The number of rotatable bonds is 1. The minimum atomic E-state index is -0.545. The highest BCUT2D eigenvalue weighted by Gasteiger charge is 2.22. The number of terminal acetylenes is 1. The van der Waals surface area contributed by atoms with Crippen molar-refractivity contribution < 1.29 is 9.53 Å². The summed E-state index contributed by atoms with van der Waals surface area (Å²) in [6.07, 6.45) is 6.45. The number of anilines is 1. The van der Waals surface area contributed by atoms with E-state index in [9.17, 15) is 4.79 Å². The molecule has 0 N–H and O–H groups in total. The van der Waals surface area contributed by atoms with E-state index in [1.54, 1.807) is 46.1 Å². The SMILES string of the molecule is C#Cc1cccnc1N(C)C(=O)OC(C)(C)C. The van der Waals surface area contributed by atoms with E-state index in [-0.39, 0.29) is 0 Å². The first-order valence-corrected chi connectivity index (χ1v) is 5.23. The molecule has 0 aliphatic heterocycles. The first-order valence-electron chi connectivity index (χ1n) is 5.23. The van der Waals surface area contributed by atoms with Gasteiger partial charge in [-0.15, -0.1) is 6.42 Å². The molecule has 17 heavy (non-hydrogen) atoms. The lowest BCUT2D eigenvalue weighted by Crippen LogP contribution is -2.35. The zero-order valence-corrected chi connectivity index (χ0v) is 10.5. The van der Waals surface area contributed by atoms with E-state index in [1.165, 1.54) is 4.90 Å². The first kappa shape index (κ1) is 13.0. The molecular weight excluding hydrogens is 216 g/mol. The lowest BCUT2D eigenvalue weighted by atomic mass is 10.2.